The maximum absolute atomic E-state index is 9.82. The number of hydrogen-bond acceptors (Lipinski definition) is 3. The Balaban J connectivity index is 2.58. The summed E-state index contributed by atoms with van der Waals surface area (Å²) in [5.74, 6) is 0. The van der Waals surface area contributed by atoms with Crippen LogP contribution < -0.4 is 0 Å². The summed E-state index contributed by atoms with van der Waals surface area (Å²) in [5, 5.41) is 10.4. The minimum absolute atomic E-state index is 0.181. The molecule has 0 aromatic carbocycles. The molecular weight excluding hydrogens is 214 g/mol. The smallest absolute Gasteiger partial charge is 0.0839 e. The molecule has 0 aliphatic rings. The molecule has 1 aromatic heterocycles. The summed E-state index contributed by atoms with van der Waals surface area (Å²) in [6, 6.07) is 1.81. The fourth-order valence-corrected chi connectivity index (χ4v) is 1.53. The highest BCUT2D eigenvalue weighted by Gasteiger charge is 2.15. The van der Waals surface area contributed by atoms with Crippen molar-refractivity contribution in [2.45, 2.75) is 32.5 Å². The third kappa shape index (κ3) is 3.78. The van der Waals surface area contributed by atoms with Gasteiger partial charge in [-0.25, -0.2) is 0 Å². The highest BCUT2D eigenvalue weighted by Crippen LogP contribution is 2.16. The highest BCUT2D eigenvalue weighted by atomic mass is 35.5. The Labute approximate surface area is 95.1 Å². The van der Waals surface area contributed by atoms with E-state index in [-0.39, 0.29) is 6.10 Å². The standard InChI is InChI=1S/C11H16ClNO2/c1-3-15-8(2)11(14)6-9-4-5-13-7-10(9)12/h4-5,7-8,11,14H,3,6H2,1-2H3. The number of pyridine rings is 1. The molecule has 15 heavy (non-hydrogen) atoms. The monoisotopic (exact) mass is 229 g/mol. The van der Waals surface area contributed by atoms with E-state index >= 15 is 0 Å². The van der Waals surface area contributed by atoms with Gasteiger partial charge in [0.25, 0.3) is 0 Å². The van der Waals surface area contributed by atoms with Gasteiger partial charge in [0.15, 0.2) is 0 Å². The predicted molar refractivity (Wildman–Crippen MR) is 60.0 cm³/mol. The van der Waals surface area contributed by atoms with E-state index in [1.54, 1.807) is 12.4 Å². The summed E-state index contributed by atoms with van der Waals surface area (Å²) in [7, 11) is 0. The van der Waals surface area contributed by atoms with Crippen LogP contribution in [-0.4, -0.2) is 28.9 Å². The van der Waals surface area contributed by atoms with Crippen LogP contribution in [0.25, 0.3) is 0 Å². The van der Waals surface area contributed by atoms with E-state index in [2.05, 4.69) is 4.98 Å². The minimum Gasteiger partial charge on any atom is -0.390 e. The van der Waals surface area contributed by atoms with Crippen LogP contribution in [0.2, 0.25) is 5.02 Å². The van der Waals surface area contributed by atoms with Gasteiger partial charge in [-0.05, 0) is 25.5 Å². The lowest BCUT2D eigenvalue weighted by Gasteiger charge is -2.19. The van der Waals surface area contributed by atoms with Crippen molar-refractivity contribution in [3.8, 4) is 0 Å². The Bertz CT molecular complexity index is 306. The second-order valence-electron chi connectivity index (χ2n) is 3.40. The van der Waals surface area contributed by atoms with Crippen LogP contribution in [0.5, 0.6) is 0 Å². The van der Waals surface area contributed by atoms with Gasteiger partial charge in [0, 0.05) is 25.4 Å². The fourth-order valence-electron chi connectivity index (χ4n) is 1.33. The van der Waals surface area contributed by atoms with Crippen molar-refractivity contribution in [2.75, 3.05) is 6.61 Å². The van der Waals surface area contributed by atoms with Crippen molar-refractivity contribution in [1.29, 1.82) is 0 Å². The normalized spacial score (nSPS) is 14.9. The molecule has 0 bridgehead atoms. The van der Waals surface area contributed by atoms with E-state index < -0.39 is 6.10 Å². The summed E-state index contributed by atoms with van der Waals surface area (Å²) in [6.45, 7) is 4.36. The number of ether oxygens (including phenoxy) is 1. The highest BCUT2D eigenvalue weighted by molar-refractivity contribution is 6.31. The van der Waals surface area contributed by atoms with Crippen molar-refractivity contribution >= 4 is 11.6 Å². The summed E-state index contributed by atoms with van der Waals surface area (Å²) < 4.78 is 5.31. The van der Waals surface area contributed by atoms with Gasteiger partial charge in [0.1, 0.15) is 0 Å². The average molecular weight is 230 g/mol. The molecule has 4 heteroatoms. The van der Waals surface area contributed by atoms with E-state index in [1.807, 2.05) is 19.9 Å². The summed E-state index contributed by atoms with van der Waals surface area (Å²) in [6.07, 6.45) is 3.01. The van der Waals surface area contributed by atoms with Crippen molar-refractivity contribution in [3.05, 3.63) is 29.0 Å². The van der Waals surface area contributed by atoms with E-state index in [0.29, 0.717) is 18.1 Å². The van der Waals surface area contributed by atoms with Crippen LogP contribution in [0.4, 0.5) is 0 Å². The molecule has 84 valence electrons. The molecule has 0 saturated heterocycles. The van der Waals surface area contributed by atoms with E-state index in [9.17, 15) is 5.11 Å². The second kappa shape index (κ2) is 6.05. The fraction of sp³-hybridized carbons (Fsp3) is 0.545. The molecule has 0 fully saturated rings. The first kappa shape index (κ1) is 12.4. The Morgan fingerprint density at radius 2 is 2.33 bits per heavy atom. The molecule has 0 aliphatic heterocycles. The Hall–Kier alpha value is -0.640. The SMILES string of the molecule is CCOC(C)C(O)Cc1ccncc1Cl. The lowest BCUT2D eigenvalue weighted by atomic mass is 10.1. The van der Waals surface area contributed by atoms with Crippen molar-refractivity contribution < 1.29 is 9.84 Å². The molecule has 0 radical (unpaired) electrons. The van der Waals surface area contributed by atoms with Crippen LogP contribution in [0.1, 0.15) is 19.4 Å². The van der Waals surface area contributed by atoms with Gasteiger partial charge < -0.3 is 9.84 Å². The molecule has 1 rings (SSSR count). The molecule has 0 saturated carbocycles. The number of nitrogens with zero attached hydrogens (tertiary/aromatic N) is 1. The third-order valence-corrected chi connectivity index (χ3v) is 2.60. The lowest BCUT2D eigenvalue weighted by molar-refractivity contribution is -0.0208. The van der Waals surface area contributed by atoms with Crippen molar-refractivity contribution in [3.63, 3.8) is 0 Å². The molecule has 2 unspecified atom stereocenters. The number of halogens is 1. The number of rotatable bonds is 5. The zero-order valence-electron chi connectivity index (χ0n) is 8.98. The molecule has 3 nitrogen and oxygen atoms in total. The van der Waals surface area contributed by atoms with Crippen LogP contribution in [-0.2, 0) is 11.2 Å². The Morgan fingerprint density at radius 3 is 2.93 bits per heavy atom. The van der Waals surface area contributed by atoms with E-state index in [0.717, 1.165) is 5.56 Å². The number of aliphatic hydroxyl groups excluding tert-OH is 1. The molecule has 1 aromatic rings. The largest absolute Gasteiger partial charge is 0.390 e. The van der Waals surface area contributed by atoms with Gasteiger partial charge in [0.2, 0.25) is 0 Å². The van der Waals surface area contributed by atoms with Crippen molar-refractivity contribution in [1.82, 2.24) is 4.98 Å². The number of aliphatic hydroxyl groups is 1. The first-order valence-electron chi connectivity index (χ1n) is 5.03. The molecule has 1 heterocycles. The molecule has 2 atom stereocenters. The first-order chi connectivity index (χ1) is 7.15. The van der Waals surface area contributed by atoms with Gasteiger partial charge in [-0.15, -0.1) is 0 Å². The van der Waals surface area contributed by atoms with Gasteiger partial charge >= 0.3 is 0 Å². The quantitative estimate of drug-likeness (QED) is 0.841. The average Bonchev–Trinajstić information content (AvgIpc) is 2.21. The number of hydrogen-bond donors (Lipinski definition) is 1. The molecule has 0 spiro atoms. The maximum atomic E-state index is 9.82. The zero-order chi connectivity index (χ0) is 11.3. The minimum atomic E-state index is -0.537. The molecular formula is C11H16ClNO2. The predicted octanol–water partition coefficient (Wildman–Crippen LogP) is 2.06. The van der Waals surface area contributed by atoms with E-state index in [1.165, 1.54) is 0 Å². The third-order valence-electron chi connectivity index (χ3n) is 2.26. The second-order valence-corrected chi connectivity index (χ2v) is 3.81. The Kier molecular flexibility index (Phi) is 5.02. The Morgan fingerprint density at radius 1 is 1.60 bits per heavy atom. The van der Waals surface area contributed by atoms with Gasteiger partial charge in [-0.2, -0.15) is 0 Å². The van der Waals surface area contributed by atoms with Gasteiger partial charge in [0.05, 0.1) is 17.2 Å². The van der Waals surface area contributed by atoms with Gasteiger partial charge in [-0.1, -0.05) is 11.6 Å². The zero-order valence-corrected chi connectivity index (χ0v) is 9.74. The summed E-state index contributed by atoms with van der Waals surface area (Å²) >= 11 is 5.94. The number of aromatic nitrogens is 1. The molecule has 0 aliphatic carbocycles. The lowest BCUT2D eigenvalue weighted by Crippen LogP contribution is -2.28. The molecule has 1 N–H and O–H groups in total. The summed E-state index contributed by atoms with van der Waals surface area (Å²) in [5.41, 5.74) is 0.894. The maximum Gasteiger partial charge on any atom is 0.0839 e. The van der Waals surface area contributed by atoms with Crippen LogP contribution >= 0.6 is 11.6 Å². The summed E-state index contributed by atoms with van der Waals surface area (Å²) in [4.78, 5) is 3.89. The van der Waals surface area contributed by atoms with Crippen LogP contribution in [0, 0.1) is 0 Å². The van der Waals surface area contributed by atoms with Crippen LogP contribution in [0.15, 0.2) is 18.5 Å². The van der Waals surface area contributed by atoms with Crippen LogP contribution in [0.3, 0.4) is 0 Å². The molecule has 0 amide bonds. The van der Waals surface area contributed by atoms with Gasteiger partial charge in [-0.3, -0.25) is 4.98 Å². The topological polar surface area (TPSA) is 42.4 Å². The van der Waals surface area contributed by atoms with Crippen molar-refractivity contribution in [2.24, 2.45) is 0 Å². The first-order valence-corrected chi connectivity index (χ1v) is 5.41. The van der Waals surface area contributed by atoms with E-state index in [4.69, 9.17) is 16.3 Å².